The Hall–Kier alpha value is -4.18. The van der Waals surface area contributed by atoms with Gasteiger partial charge in [-0.15, -0.1) is 0 Å². The van der Waals surface area contributed by atoms with Crippen molar-refractivity contribution in [3.63, 3.8) is 0 Å². The minimum Gasteiger partial charge on any atom is -0.493 e. The molecule has 0 spiro atoms. The first-order chi connectivity index (χ1) is 19.2. The average Bonchev–Trinajstić information content (AvgIpc) is 3.23. The lowest BCUT2D eigenvalue weighted by Gasteiger charge is -2.25. The predicted octanol–water partition coefficient (Wildman–Crippen LogP) is 3.58. The second kappa shape index (κ2) is 12.3. The summed E-state index contributed by atoms with van der Waals surface area (Å²) in [6.07, 6.45) is 1.83. The molecule has 4 rings (SSSR count). The largest absolute Gasteiger partial charge is 0.493 e. The first-order valence-corrected chi connectivity index (χ1v) is 13.9. The van der Waals surface area contributed by atoms with Gasteiger partial charge in [0.2, 0.25) is 0 Å². The summed E-state index contributed by atoms with van der Waals surface area (Å²) in [5.41, 5.74) is 3.02. The van der Waals surface area contributed by atoms with Gasteiger partial charge < -0.3 is 19.1 Å². The molecule has 10 heteroatoms. The van der Waals surface area contributed by atoms with E-state index < -0.39 is 18.0 Å². The lowest BCUT2D eigenvalue weighted by molar-refractivity contribution is -0.139. The van der Waals surface area contributed by atoms with E-state index in [2.05, 4.69) is 23.7 Å². The number of carbonyl (C=O) groups excluding carboxylic acids is 2. The van der Waals surface area contributed by atoms with Crippen LogP contribution < -0.4 is 29.3 Å². The molecule has 2 heterocycles. The van der Waals surface area contributed by atoms with Gasteiger partial charge in [-0.05, 0) is 69.2 Å². The molecule has 0 aliphatic carbocycles. The number of methoxy groups -OCH3 is 1. The van der Waals surface area contributed by atoms with Crippen LogP contribution in [-0.2, 0) is 14.3 Å². The number of hydrogen-bond donors (Lipinski definition) is 0. The van der Waals surface area contributed by atoms with Crippen LogP contribution >= 0.6 is 11.3 Å². The third-order valence-electron chi connectivity index (χ3n) is 6.59. The number of hydrogen-bond acceptors (Lipinski definition) is 9. The van der Waals surface area contributed by atoms with Crippen molar-refractivity contribution in [2.24, 2.45) is 4.99 Å². The molecule has 0 fully saturated rings. The van der Waals surface area contributed by atoms with Gasteiger partial charge in [-0.25, -0.2) is 9.79 Å². The molecule has 1 aliphatic rings. The third-order valence-corrected chi connectivity index (χ3v) is 7.58. The van der Waals surface area contributed by atoms with Gasteiger partial charge >= 0.3 is 11.9 Å². The minimum absolute atomic E-state index is 0.172. The highest BCUT2D eigenvalue weighted by Crippen LogP contribution is 2.36. The molecule has 40 heavy (non-hydrogen) atoms. The molecular weight excluding hydrogens is 530 g/mol. The number of allylic oxidation sites excluding steroid dienone is 1. The van der Waals surface area contributed by atoms with E-state index in [1.807, 2.05) is 30.3 Å². The predicted molar refractivity (Wildman–Crippen MR) is 155 cm³/mol. The van der Waals surface area contributed by atoms with Crippen LogP contribution in [0.1, 0.15) is 51.8 Å². The summed E-state index contributed by atoms with van der Waals surface area (Å²) in [5, 5.41) is 0. The monoisotopic (exact) mass is 563 g/mol. The van der Waals surface area contributed by atoms with Gasteiger partial charge in [-0.3, -0.25) is 14.2 Å². The maximum absolute atomic E-state index is 13.9. The van der Waals surface area contributed by atoms with Crippen molar-refractivity contribution < 1.29 is 23.8 Å². The summed E-state index contributed by atoms with van der Waals surface area (Å²) >= 11 is 1.26. The second-order valence-electron chi connectivity index (χ2n) is 9.07. The van der Waals surface area contributed by atoms with E-state index in [1.54, 1.807) is 32.0 Å². The molecule has 0 amide bonds. The van der Waals surface area contributed by atoms with E-state index in [1.165, 1.54) is 29.9 Å². The summed E-state index contributed by atoms with van der Waals surface area (Å²) in [6.45, 7) is 11.0. The number of anilines is 1. The highest BCUT2D eigenvalue weighted by molar-refractivity contribution is 7.07. The molecule has 0 bridgehead atoms. The van der Waals surface area contributed by atoms with Crippen molar-refractivity contribution in [1.29, 1.82) is 0 Å². The summed E-state index contributed by atoms with van der Waals surface area (Å²) in [7, 11) is 1.45. The average molecular weight is 564 g/mol. The van der Waals surface area contributed by atoms with Gasteiger partial charge in [-0.2, -0.15) is 0 Å². The van der Waals surface area contributed by atoms with Crippen molar-refractivity contribution in [3.05, 3.63) is 84.5 Å². The maximum atomic E-state index is 13.9. The number of ether oxygens (including phenoxy) is 3. The Morgan fingerprint density at radius 3 is 2.38 bits per heavy atom. The third kappa shape index (κ3) is 5.72. The van der Waals surface area contributed by atoms with Gasteiger partial charge in [-0.1, -0.05) is 29.5 Å². The van der Waals surface area contributed by atoms with Crippen LogP contribution in [0.2, 0.25) is 0 Å². The fourth-order valence-corrected chi connectivity index (χ4v) is 5.77. The quantitative estimate of drug-likeness (QED) is 0.290. The number of thiazole rings is 1. The number of fused-ring (bicyclic) bond motifs is 1. The topological polar surface area (TPSA) is 99.4 Å². The first-order valence-electron chi connectivity index (χ1n) is 13.1. The Balaban J connectivity index is 1.88. The number of nitrogens with zero attached hydrogens (tertiary/aromatic N) is 3. The number of esters is 2. The molecular formula is C30H33N3O6S. The lowest BCUT2D eigenvalue weighted by Crippen LogP contribution is -2.40. The van der Waals surface area contributed by atoms with Crippen molar-refractivity contribution in [2.75, 3.05) is 31.7 Å². The van der Waals surface area contributed by atoms with E-state index in [0.29, 0.717) is 26.3 Å². The molecule has 0 saturated heterocycles. The van der Waals surface area contributed by atoms with Crippen molar-refractivity contribution in [3.8, 4) is 11.5 Å². The van der Waals surface area contributed by atoms with Crippen LogP contribution in [0, 0.1) is 0 Å². The molecule has 9 nitrogen and oxygen atoms in total. The number of aromatic nitrogens is 1. The van der Waals surface area contributed by atoms with Gasteiger partial charge in [0.1, 0.15) is 0 Å². The number of carbonyl (C=O) groups is 2. The molecule has 0 N–H and O–H groups in total. The Kier molecular flexibility index (Phi) is 8.89. The van der Waals surface area contributed by atoms with Crippen molar-refractivity contribution in [1.82, 2.24) is 4.57 Å². The van der Waals surface area contributed by atoms with Crippen LogP contribution in [0.15, 0.2) is 63.5 Å². The van der Waals surface area contributed by atoms with Crippen molar-refractivity contribution >= 4 is 35.0 Å². The maximum Gasteiger partial charge on any atom is 0.338 e. The molecule has 0 radical (unpaired) electrons. The zero-order valence-corrected chi connectivity index (χ0v) is 24.3. The minimum atomic E-state index is -0.817. The molecule has 1 aromatic heterocycles. The Labute approximate surface area is 236 Å². The molecule has 210 valence electrons. The fourth-order valence-electron chi connectivity index (χ4n) is 4.72. The van der Waals surface area contributed by atoms with Crippen molar-refractivity contribution in [2.45, 2.75) is 40.7 Å². The van der Waals surface area contributed by atoms with Gasteiger partial charge in [0, 0.05) is 25.7 Å². The van der Waals surface area contributed by atoms with Crippen LogP contribution in [0.3, 0.4) is 0 Å². The van der Waals surface area contributed by atoms with Gasteiger partial charge in [0.25, 0.3) is 5.56 Å². The van der Waals surface area contributed by atoms with E-state index >= 15 is 0 Å². The van der Waals surface area contributed by atoms with E-state index in [-0.39, 0.29) is 23.5 Å². The highest BCUT2D eigenvalue weighted by Gasteiger charge is 2.34. The molecule has 0 unspecified atom stereocenters. The van der Waals surface area contributed by atoms with Crippen LogP contribution in [0.5, 0.6) is 11.5 Å². The highest BCUT2D eigenvalue weighted by atomic mass is 32.1. The summed E-state index contributed by atoms with van der Waals surface area (Å²) in [5.74, 6) is -0.524. The van der Waals surface area contributed by atoms with Crippen LogP contribution in [-0.4, -0.2) is 43.3 Å². The van der Waals surface area contributed by atoms with Crippen LogP contribution in [0.4, 0.5) is 5.69 Å². The Bertz CT molecular complexity index is 1630. The van der Waals surface area contributed by atoms with E-state index in [9.17, 15) is 14.4 Å². The first kappa shape index (κ1) is 28.8. The molecule has 0 saturated carbocycles. The second-order valence-corrected chi connectivity index (χ2v) is 10.1. The number of rotatable bonds is 9. The molecule has 2 aromatic carbocycles. The normalized spacial score (nSPS) is 14.8. The summed E-state index contributed by atoms with van der Waals surface area (Å²) in [6, 6.07) is 12.2. The standard InChI is InChI=1S/C30H33N3O6S/c1-7-32(8-2)22-13-10-20(11-14-22)16-25-28(35)33-27(21-12-15-23(39-19(5)34)24(17-21)37-6)26(29(36)38-9-3)18(4)31-30(33)40-25/h10-17,27H,7-9H2,1-6H3/t27-/m1/s1. The Morgan fingerprint density at radius 1 is 1.07 bits per heavy atom. The molecule has 3 aromatic rings. The SMILES string of the molecule is CCOC(=O)C1=C(C)N=c2sc(=Cc3ccc(N(CC)CC)cc3)c(=O)n2[C@@H]1c1ccc(OC(C)=O)c(OC)c1. The van der Waals surface area contributed by atoms with Crippen LogP contribution in [0.25, 0.3) is 6.08 Å². The zero-order valence-electron chi connectivity index (χ0n) is 23.5. The summed E-state index contributed by atoms with van der Waals surface area (Å²) in [4.78, 5) is 45.9. The molecule has 1 atom stereocenters. The lowest BCUT2D eigenvalue weighted by atomic mass is 9.95. The zero-order chi connectivity index (χ0) is 29.0. The Morgan fingerprint density at radius 2 is 1.77 bits per heavy atom. The summed E-state index contributed by atoms with van der Waals surface area (Å²) < 4.78 is 18.1. The van der Waals surface area contributed by atoms with Gasteiger partial charge in [0.05, 0.1) is 35.6 Å². The smallest absolute Gasteiger partial charge is 0.338 e. The van der Waals surface area contributed by atoms with E-state index in [0.717, 1.165) is 24.3 Å². The van der Waals surface area contributed by atoms with Gasteiger partial charge in [0.15, 0.2) is 16.3 Å². The molecule has 1 aliphatic heterocycles. The fraction of sp³-hybridized carbons (Fsp3) is 0.333. The number of benzene rings is 2. The van der Waals surface area contributed by atoms with E-state index in [4.69, 9.17) is 14.2 Å².